The van der Waals surface area contributed by atoms with Crippen LogP contribution in [0.5, 0.6) is 0 Å². The number of halogens is 2. The Morgan fingerprint density at radius 3 is 2.40 bits per heavy atom. The van der Waals surface area contributed by atoms with Gasteiger partial charge in [0.1, 0.15) is 5.82 Å². The van der Waals surface area contributed by atoms with E-state index in [1.807, 2.05) is 30.3 Å². The number of benzene rings is 2. The van der Waals surface area contributed by atoms with E-state index in [-0.39, 0.29) is 29.8 Å². The number of nitrogens with zero attached hydrogens (tertiary/aromatic N) is 2. The predicted molar refractivity (Wildman–Crippen MR) is 111 cm³/mol. The first-order chi connectivity index (χ1) is 11.8. The molecule has 2 N–H and O–H groups in total. The number of nitrogens with one attached hydrogen (secondary N) is 2. The highest BCUT2D eigenvalue weighted by Crippen LogP contribution is 2.15. The normalized spacial score (nSPS) is 11.0. The first kappa shape index (κ1) is 19.1. The van der Waals surface area contributed by atoms with Gasteiger partial charge >= 0.3 is 0 Å². The van der Waals surface area contributed by atoms with E-state index < -0.39 is 0 Å². The first-order valence-corrected chi connectivity index (χ1v) is 7.78. The summed E-state index contributed by atoms with van der Waals surface area (Å²) in [4.78, 5) is 8.54. The lowest BCUT2D eigenvalue weighted by Crippen LogP contribution is -2.36. The molecule has 6 heteroatoms. The molecule has 0 aliphatic heterocycles. The minimum Gasteiger partial charge on any atom is -0.352 e. The first-order valence-electron chi connectivity index (χ1n) is 7.78. The van der Waals surface area contributed by atoms with Gasteiger partial charge in [-0.2, -0.15) is 0 Å². The zero-order valence-corrected chi connectivity index (χ0v) is 16.2. The lowest BCUT2D eigenvalue weighted by Gasteiger charge is -2.13. The van der Waals surface area contributed by atoms with Crippen LogP contribution in [0.3, 0.4) is 0 Å². The topological polar surface area (TPSA) is 49.3 Å². The Morgan fingerprint density at radius 1 is 0.960 bits per heavy atom. The van der Waals surface area contributed by atoms with E-state index in [4.69, 9.17) is 0 Å². The minimum absolute atomic E-state index is 0. The maximum atomic E-state index is 13.7. The Bertz CT molecular complexity index is 861. The average molecular weight is 450 g/mol. The van der Waals surface area contributed by atoms with E-state index >= 15 is 0 Å². The van der Waals surface area contributed by atoms with Crippen LogP contribution in [0.2, 0.25) is 0 Å². The molecule has 0 atom stereocenters. The summed E-state index contributed by atoms with van der Waals surface area (Å²) >= 11 is 0. The third kappa shape index (κ3) is 4.88. The van der Waals surface area contributed by atoms with Crippen molar-refractivity contribution >= 4 is 40.8 Å². The van der Waals surface area contributed by atoms with E-state index in [1.54, 1.807) is 25.4 Å². The fourth-order valence-electron chi connectivity index (χ4n) is 2.53. The van der Waals surface area contributed by atoms with Crippen molar-refractivity contribution in [3.63, 3.8) is 0 Å². The Balaban J connectivity index is 0.00000225. The molecule has 3 aromatic rings. The van der Waals surface area contributed by atoms with Crippen LogP contribution in [-0.4, -0.2) is 18.0 Å². The van der Waals surface area contributed by atoms with Crippen LogP contribution >= 0.6 is 24.0 Å². The number of pyridine rings is 1. The molecule has 25 heavy (non-hydrogen) atoms. The van der Waals surface area contributed by atoms with Gasteiger partial charge in [0.05, 0.1) is 5.52 Å². The molecule has 0 amide bonds. The summed E-state index contributed by atoms with van der Waals surface area (Å²) < 4.78 is 13.7. The number of hydrogen-bond acceptors (Lipinski definition) is 2. The summed E-state index contributed by atoms with van der Waals surface area (Å²) in [5.74, 6) is 0.403. The lowest BCUT2D eigenvalue weighted by atomic mass is 10.1. The zero-order valence-electron chi connectivity index (χ0n) is 13.9. The van der Waals surface area contributed by atoms with Gasteiger partial charge in [0, 0.05) is 37.3 Å². The van der Waals surface area contributed by atoms with Crippen LogP contribution in [-0.2, 0) is 13.1 Å². The number of para-hydroxylation sites is 1. The molecular weight excluding hydrogens is 430 g/mol. The van der Waals surface area contributed by atoms with Crippen molar-refractivity contribution in [3.05, 3.63) is 77.7 Å². The van der Waals surface area contributed by atoms with Gasteiger partial charge in [-0.05, 0) is 23.8 Å². The second kappa shape index (κ2) is 9.31. The third-order valence-electron chi connectivity index (χ3n) is 3.81. The molecule has 0 spiro atoms. The summed E-state index contributed by atoms with van der Waals surface area (Å²) in [6.45, 7) is 0.990. The van der Waals surface area contributed by atoms with Gasteiger partial charge in [-0.15, -0.1) is 24.0 Å². The summed E-state index contributed by atoms with van der Waals surface area (Å²) in [6, 6.07) is 16.7. The standard InChI is InChI=1S/C19H19FN4.HI/c1-21-19(24-13-15-6-2-4-8-17(15)20)23-12-14-10-11-22-18-9-5-3-7-16(14)18;/h2-11H,12-13H2,1H3,(H2,21,23,24);1H. The van der Waals surface area contributed by atoms with Gasteiger partial charge < -0.3 is 10.6 Å². The quantitative estimate of drug-likeness (QED) is 0.361. The van der Waals surface area contributed by atoms with Gasteiger partial charge in [-0.25, -0.2) is 4.39 Å². The second-order valence-corrected chi connectivity index (χ2v) is 5.36. The average Bonchev–Trinajstić information content (AvgIpc) is 2.63. The fourth-order valence-corrected chi connectivity index (χ4v) is 2.53. The molecular formula is C19H20FIN4. The van der Waals surface area contributed by atoms with E-state index in [0.29, 0.717) is 24.6 Å². The molecule has 130 valence electrons. The van der Waals surface area contributed by atoms with Crippen LogP contribution < -0.4 is 10.6 Å². The smallest absolute Gasteiger partial charge is 0.191 e. The Morgan fingerprint density at radius 2 is 1.64 bits per heavy atom. The van der Waals surface area contributed by atoms with Gasteiger partial charge in [0.2, 0.25) is 0 Å². The monoisotopic (exact) mass is 450 g/mol. The van der Waals surface area contributed by atoms with Crippen molar-refractivity contribution in [1.82, 2.24) is 15.6 Å². The molecule has 0 radical (unpaired) electrons. The molecule has 1 aromatic heterocycles. The molecule has 3 rings (SSSR count). The van der Waals surface area contributed by atoms with Crippen molar-refractivity contribution < 1.29 is 4.39 Å². The zero-order chi connectivity index (χ0) is 16.8. The van der Waals surface area contributed by atoms with E-state index in [0.717, 1.165) is 16.5 Å². The summed E-state index contributed by atoms with van der Waals surface area (Å²) in [5, 5.41) is 7.49. The van der Waals surface area contributed by atoms with Crippen molar-refractivity contribution in [2.75, 3.05) is 7.05 Å². The molecule has 0 aliphatic rings. The number of guanidine groups is 1. The van der Waals surface area contributed by atoms with Gasteiger partial charge in [-0.1, -0.05) is 36.4 Å². The number of hydrogen-bond donors (Lipinski definition) is 2. The number of aromatic nitrogens is 1. The molecule has 2 aromatic carbocycles. The Labute approximate surface area is 163 Å². The molecule has 0 saturated carbocycles. The highest BCUT2D eigenvalue weighted by atomic mass is 127. The highest BCUT2D eigenvalue weighted by Gasteiger charge is 2.05. The molecule has 0 fully saturated rings. The summed E-state index contributed by atoms with van der Waals surface area (Å²) in [7, 11) is 1.70. The van der Waals surface area contributed by atoms with Crippen molar-refractivity contribution in [2.45, 2.75) is 13.1 Å². The van der Waals surface area contributed by atoms with Crippen LogP contribution in [0, 0.1) is 5.82 Å². The van der Waals surface area contributed by atoms with Crippen molar-refractivity contribution in [1.29, 1.82) is 0 Å². The lowest BCUT2D eigenvalue weighted by molar-refractivity contribution is 0.604. The van der Waals surface area contributed by atoms with E-state index in [1.165, 1.54) is 6.07 Å². The molecule has 0 bridgehead atoms. The van der Waals surface area contributed by atoms with Gasteiger partial charge in [-0.3, -0.25) is 9.98 Å². The van der Waals surface area contributed by atoms with Gasteiger partial charge in [0.15, 0.2) is 5.96 Å². The number of fused-ring (bicyclic) bond motifs is 1. The fraction of sp³-hybridized carbons (Fsp3) is 0.158. The largest absolute Gasteiger partial charge is 0.352 e. The van der Waals surface area contributed by atoms with Crippen molar-refractivity contribution in [2.24, 2.45) is 4.99 Å². The van der Waals surface area contributed by atoms with E-state index in [2.05, 4.69) is 26.7 Å². The number of rotatable bonds is 4. The number of aliphatic imine (C=N–C) groups is 1. The highest BCUT2D eigenvalue weighted by molar-refractivity contribution is 14.0. The Kier molecular flexibility index (Phi) is 7.12. The van der Waals surface area contributed by atoms with Crippen LogP contribution in [0.25, 0.3) is 10.9 Å². The van der Waals surface area contributed by atoms with Crippen LogP contribution in [0.15, 0.2) is 65.8 Å². The Hall–Kier alpha value is -2.22. The maximum absolute atomic E-state index is 13.7. The van der Waals surface area contributed by atoms with Gasteiger partial charge in [0.25, 0.3) is 0 Å². The third-order valence-corrected chi connectivity index (χ3v) is 3.81. The molecule has 1 heterocycles. The molecule has 0 saturated heterocycles. The summed E-state index contributed by atoms with van der Waals surface area (Å²) in [6.07, 6.45) is 1.80. The minimum atomic E-state index is -0.222. The molecule has 0 aliphatic carbocycles. The maximum Gasteiger partial charge on any atom is 0.191 e. The van der Waals surface area contributed by atoms with Crippen LogP contribution in [0.1, 0.15) is 11.1 Å². The molecule has 0 unspecified atom stereocenters. The van der Waals surface area contributed by atoms with E-state index in [9.17, 15) is 4.39 Å². The molecule has 4 nitrogen and oxygen atoms in total. The second-order valence-electron chi connectivity index (χ2n) is 5.36. The summed E-state index contributed by atoms with van der Waals surface area (Å²) in [5.41, 5.74) is 2.70. The van der Waals surface area contributed by atoms with Crippen molar-refractivity contribution in [3.8, 4) is 0 Å². The predicted octanol–water partition coefficient (Wildman–Crippen LogP) is 3.86. The van der Waals surface area contributed by atoms with Crippen LogP contribution in [0.4, 0.5) is 4.39 Å². The SMILES string of the molecule is CN=C(NCc1ccccc1F)NCc1ccnc2ccccc12.I.